The molecule has 1 aromatic carbocycles. The maximum absolute atomic E-state index is 11.3. The largest absolute Gasteiger partial charge is 0.256 e. The summed E-state index contributed by atoms with van der Waals surface area (Å²) in [6.45, 7) is 0.325. The number of rotatable bonds is 2. The first kappa shape index (κ1) is 10.9. The van der Waals surface area contributed by atoms with Crippen LogP contribution in [0.2, 0.25) is 0 Å². The molecular formula is C9H11ClN2O2S. The molecule has 0 aromatic heterocycles. The highest BCUT2D eigenvalue weighted by molar-refractivity contribution is 8.14. The molecule has 0 spiro atoms. The average Bonchev–Trinajstić information content (AvgIpc) is 2.67. The Balaban J connectivity index is 2.30. The molecule has 0 bridgehead atoms. The quantitative estimate of drug-likeness (QED) is 0.757. The lowest BCUT2D eigenvalue weighted by Crippen LogP contribution is -2.27. The van der Waals surface area contributed by atoms with Crippen molar-refractivity contribution < 1.29 is 8.42 Å². The fourth-order valence-electron chi connectivity index (χ4n) is 1.70. The minimum absolute atomic E-state index is 0.284. The molecule has 2 N–H and O–H groups in total. The monoisotopic (exact) mass is 246 g/mol. The summed E-state index contributed by atoms with van der Waals surface area (Å²) in [6.07, 6.45) is 0. The van der Waals surface area contributed by atoms with E-state index in [-0.39, 0.29) is 6.04 Å². The smallest absolute Gasteiger partial charge is 0.238 e. The van der Waals surface area contributed by atoms with E-state index in [1.165, 1.54) is 0 Å². The zero-order chi connectivity index (χ0) is 10.9. The first-order chi connectivity index (χ1) is 7.09. The molecule has 82 valence electrons. The van der Waals surface area contributed by atoms with E-state index in [2.05, 4.69) is 10.9 Å². The van der Waals surface area contributed by atoms with Gasteiger partial charge in [0, 0.05) is 17.2 Å². The van der Waals surface area contributed by atoms with Crippen LogP contribution in [0.25, 0.3) is 0 Å². The van der Waals surface area contributed by atoms with Crippen LogP contribution in [0.4, 0.5) is 0 Å². The molecule has 1 heterocycles. The molecule has 4 nitrogen and oxygen atoms in total. The van der Waals surface area contributed by atoms with Gasteiger partial charge in [0.1, 0.15) is 5.25 Å². The van der Waals surface area contributed by atoms with Crippen molar-refractivity contribution in [2.24, 2.45) is 0 Å². The van der Waals surface area contributed by atoms with Crippen molar-refractivity contribution in [2.75, 3.05) is 6.54 Å². The van der Waals surface area contributed by atoms with Gasteiger partial charge in [0.05, 0.1) is 6.04 Å². The van der Waals surface area contributed by atoms with Crippen LogP contribution in [-0.4, -0.2) is 20.2 Å². The van der Waals surface area contributed by atoms with Gasteiger partial charge in [-0.25, -0.2) is 13.8 Å². The normalized spacial score (nSPS) is 26.7. The van der Waals surface area contributed by atoms with Gasteiger partial charge in [-0.2, -0.15) is 0 Å². The number of benzene rings is 1. The molecule has 2 atom stereocenters. The van der Waals surface area contributed by atoms with E-state index in [0.717, 1.165) is 5.56 Å². The van der Waals surface area contributed by atoms with Crippen LogP contribution in [0.15, 0.2) is 30.3 Å². The average molecular weight is 247 g/mol. The maximum Gasteiger partial charge on any atom is 0.238 e. The molecule has 2 rings (SSSR count). The summed E-state index contributed by atoms with van der Waals surface area (Å²) in [4.78, 5) is 0. The van der Waals surface area contributed by atoms with E-state index in [4.69, 9.17) is 10.7 Å². The first-order valence-electron chi connectivity index (χ1n) is 4.56. The van der Waals surface area contributed by atoms with Gasteiger partial charge in [0.2, 0.25) is 9.05 Å². The van der Waals surface area contributed by atoms with E-state index in [9.17, 15) is 8.42 Å². The van der Waals surface area contributed by atoms with Gasteiger partial charge in [-0.1, -0.05) is 30.3 Å². The van der Waals surface area contributed by atoms with Crippen LogP contribution in [-0.2, 0) is 9.05 Å². The van der Waals surface area contributed by atoms with Crippen LogP contribution in [0, 0.1) is 0 Å². The summed E-state index contributed by atoms with van der Waals surface area (Å²) in [5.74, 6) is 0. The molecule has 6 heteroatoms. The number of hydrogen-bond acceptors (Lipinski definition) is 4. The maximum atomic E-state index is 11.3. The standard InChI is InChI=1S/C9H11ClN2O2S/c10-15(13,14)8-6-11-12-9(8)7-4-2-1-3-5-7/h1-5,8-9,11-12H,6H2. The molecule has 0 saturated carbocycles. The summed E-state index contributed by atoms with van der Waals surface area (Å²) in [5.41, 5.74) is 6.64. The predicted octanol–water partition coefficient (Wildman–Crippen LogP) is 0.773. The second-order valence-corrected chi connectivity index (χ2v) is 6.27. The number of nitrogens with one attached hydrogen (secondary N) is 2. The molecule has 1 aromatic rings. The van der Waals surface area contributed by atoms with Crippen molar-refractivity contribution in [1.29, 1.82) is 0 Å². The molecule has 1 saturated heterocycles. The first-order valence-corrected chi connectivity index (χ1v) is 6.93. The van der Waals surface area contributed by atoms with Gasteiger partial charge >= 0.3 is 0 Å². The van der Waals surface area contributed by atoms with Crippen LogP contribution in [0.5, 0.6) is 0 Å². The Hall–Kier alpha value is -0.620. The summed E-state index contributed by atoms with van der Waals surface area (Å²) in [6, 6.07) is 9.09. The topological polar surface area (TPSA) is 58.2 Å². The van der Waals surface area contributed by atoms with Crippen LogP contribution < -0.4 is 10.9 Å². The molecule has 1 fully saturated rings. The minimum atomic E-state index is -3.55. The predicted molar refractivity (Wildman–Crippen MR) is 58.9 cm³/mol. The highest BCUT2D eigenvalue weighted by Gasteiger charge is 2.37. The highest BCUT2D eigenvalue weighted by atomic mass is 35.7. The summed E-state index contributed by atoms with van der Waals surface area (Å²) in [7, 11) is 1.82. The van der Waals surface area contributed by atoms with Gasteiger partial charge in [0.15, 0.2) is 0 Å². The minimum Gasteiger partial charge on any atom is -0.256 e. The van der Waals surface area contributed by atoms with E-state index in [1.54, 1.807) is 0 Å². The Morgan fingerprint density at radius 2 is 1.93 bits per heavy atom. The lowest BCUT2D eigenvalue weighted by Gasteiger charge is -2.15. The van der Waals surface area contributed by atoms with Gasteiger partial charge in [-0.05, 0) is 5.56 Å². The van der Waals surface area contributed by atoms with Crippen molar-refractivity contribution in [3.05, 3.63) is 35.9 Å². The van der Waals surface area contributed by atoms with E-state index in [0.29, 0.717) is 6.54 Å². The van der Waals surface area contributed by atoms with Crippen LogP contribution in [0.1, 0.15) is 11.6 Å². The third-order valence-electron chi connectivity index (χ3n) is 2.45. The van der Waals surface area contributed by atoms with Gasteiger partial charge in [-0.15, -0.1) is 0 Å². The van der Waals surface area contributed by atoms with Crippen LogP contribution >= 0.6 is 10.7 Å². The second kappa shape index (κ2) is 4.09. The summed E-state index contributed by atoms with van der Waals surface area (Å²) in [5, 5.41) is -0.624. The second-order valence-electron chi connectivity index (χ2n) is 3.43. The van der Waals surface area contributed by atoms with Gasteiger partial charge < -0.3 is 0 Å². The van der Waals surface area contributed by atoms with Crippen molar-refractivity contribution in [3.63, 3.8) is 0 Å². The number of hydrogen-bond donors (Lipinski definition) is 2. The van der Waals surface area contributed by atoms with Crippen LogP contribution in [0.3, 0.4) is 0 Å². The Kier molecular flexibility index (Phi) is 2.97. The van der Waals surface area contributed by atoms with E-state index >= 15 is 0 Å². The number of halogens is 1. The Bertz CT molecular complexity index is 435. The zero-order valence-corrected chi connectivity index (χ0v) is 9.42. The Labute approximate surface area is 93.0 Å². The fourth-order valence-corrected chi connectivity index (χ4v) is 3.03. The van der Waals surface area contributed by atoms with E-state index in [1.807, 2.05) is 30.3 Å². The fraction of sp³-hybridized carbons (Fsp3) is 0.333. The van der Waals surface area contributed by atoms with Crippen molar-refractivity contribution in [3.8, 4) is 0 Å². The third-order valence-corrected chi connectivity index (χ3v) is 4.30. The Morgan fingerprint density at radius 3 is 2.53 bits per heavy atom. The summed E-state index contributed by atoms with van der Waals surface area (Å²) < 4.78 is 22.6. The molecule has 15 heavy (non-hydrogen) atoms. The van der Waals surface area contributed by atoms with Crippen molar-refractivity contribution in [2.45, 2.75) is 11.3 Å². The van der Waals surface area contributed by atoms with Gasteiger partial charge in [0.25, 0.3) is 0 Å². The SMILES string of the molecule is O=S(=O)(Cl)C1CNNC1c1ccccc1. The molecule has 1 aliphatic rings. The highest BCUT2D eigenvalue weighted by Crippen LogP contribution is 2.26. The third kappa shape index (κ3) is 2.31. The molecule has 1 aliphatic heterocycles. The zero-order valence-electron chi connectivity index (χ0n) is 7.85. The molecule has 2 unspecified atom stereocenters. The van der Waals surface area contributed by atoms with E-state index < -0.39 is 14.3 Å². The Morgan fingerprint density at radius 1 is 1.27 bits per heavy atom. The molecular weight excluding hydrogens is 236 g/mol. The molecule has 0 radical (unpaired) electrons. The number of hydrazine groups is 1. The van der Waals surface area contributed by atoms with Crippen molar-refractivity contribution >= 4 is 19.7 Å². The lowest BCUT2D eigenvalue weighted by molar-refractivity contribution is 0.562. The molecule has 0 amide bonds. The molecule has 0 aliphatic carbocycles. The van der Waals surface area contributed by atoms with Crippen molar-refractivity contribution in [1.82, 2.24) is 10.9 Å². The van der Waals surface area contributed by atoms with Gasteiger partial charge in [-0.3, -0.25) is 5.43 Å². The summed E-state index contributed by atoms with van der Waals surface area (Å²) >= 11 is 0. The lowest BCUT2D eigenvalue weighted by atomic mass is 10.1.